The summed E-state index contributed by atoms with van der Waals surface area (Å²) in [6, 6.07) is 7.34. The molecule has 0 spiro atoms. The third kappa shape index (κ3) is 4.26. The normalized spacial score (nSPS) is 16.6. The van der Waals surface area contributed by atoms with E-state index in [0.29, 0.717) is 24.3 Å². The van der Waals surface area contributed by atoms with Crippen LogP contribution >= 0.6 is 12.4 Å². The SMILES string of the molecule is Cl.NCCC1CNC(=O)c2cc(-c3ccc(OC(F)(F)F)cc3)cn21. The Hall–Kier alpha value is -2.19. The number of nitrogens with one attached hydrogen (secondary N) is 1. The van der Waals surface area contributed by atoms with E-state index < -0.39 is 6.36 Å². The molecule has 1 unspecified atom stereocenters. The van der Waals surface area contributed by atoms with Gasteiger partial charge in [0.25, 0.3) is 5.91 Å². The van der Waals surface area contributed by atoms with Gasteiger partial charge in [-0.15, -0.1) is 25.6 Å². The number of nitrogens with zero attached hydrogens (tertiary/aromatic N) is 1. The summed E-state index contributed by atoms with van der Waals surface area (Å²) >= 11 is 0. The monoisotopic (exact) mass is 375 g/mol. The summed E-state index contributed by atoms with van der Waals surface area (Å²) in [4.78, 5) is 12.0. The number of hydrogen-bond acceptors (Lipinski definition) is 3. The van der Waals surface area contributed by atoms with Crippen LogP contribution in [0.5, 0.6) is 5.75 Å². The molecular weight excluding hydrogens is 359 g/mol. The lowest BCUT2D eigenvalue weighted by Crippen LogP contribution is -2.39. The Morgan fingerprint density at radius 1 is 1.24 bits per heavy atom. The van der Waals surface area contributed by atoms with Crippen LogP contribution in [0, 0.1) is 0 Å². The van der Waals surface area contributed by atoms with E-state index in [2.05, 4.69) is 10.1 Å². The number of fused-ring (bicyclic) bond motifs is 1. The van der Waals surface area contributed by atoms with Gasteiger partial charge in [0.1, 0.15) is 11.4 Å². The molecule has 0 saturated heterocycles. The number of rotatable bonds is 4. The molecule has 0 aliphatic carbocycles. The Morgan fingerprint density at radius 2 is 1.92 bits per heavy atom. The van der Waals surface area contributed by atoms with Gasteiger partial charge in [0, 0.05) is 18.3 Å². The lowest BCUT2D eigenvalue weighted by atomic mass is 10.1. The zero-order valence-electron chi connectivity index (χ0n) is 13.0. The van der Waals surface area contributed by atoms with Gasteiger partial charge in [0.2, 0.25) is 0 Å². The number of benzene rings is 1. The Labute approximate surface area is 148 Å². The van der Waals surface area contributed by atoms with Gasteiger partial charge >= 0.3 is 6.36 Å². The molecule has 1 aromatic carbocycles. The standard InChI is InChI=1S/C16H16F3N3O2.ClH/c17-16(18,19)24-13-3-1-10(2-4-13)11-7-14-15(23)21-8-12(5-6-20)22(14)9-11;/h1-4,7,9,12H,5-6,8,20H2,(H,21,23);1H. The fourth-order valence-electron chi connectivity index (χ4n) is 2.80. The number of aromatic nitrogens is 1. The number of halogens is 4. The first kappa shape index (κ1) is 19.1. The molecule has 3 rings (SSSR count). The molecule has 2 aromatic rings. The van der Waals surface area contributed by atoms with Crippen LogP contribution < -0.4 is 15.8 Å². The smallest absolute Gasteiger partial charge is 0.406 e. The number of nitrogens with two attached hydrogens (primary N) is 1. The van der Waals surface area contributed by atoms with Crippen molar-refractivity contribution in [3.8, 4) is 16.9 Å². The maximum absolute atomic E-state index is 12.2. The molecule has 1 atom stereocenters. The van der Waals surface area contributed by atoms with Crippen LogP contribution in [0.25, 0.3) is 11.1 Å². The van der Waals surface area contributed by atoms with Crippen molar-refractivity contribution in [2.45, 2.75) is 18.8 Å². The lowest BCUT2D eigenvalue weighted by molar-refractivity contribution is -0.274. The van der Waals surface area contributed by atoms with Crippen molar-refractivity contribution in [3.63, 3.8) is 0 Å². The predicted molar refractivity (Wildman–Crippen MR) is 88.8 cm³/mol. The molecule has 0 radical (unpaired) electrons. The van der Waals surface area contributed by atoms with E-state index in [1.54, 1.807) is 6.07 Å². The minimum atomic E-state index is -4.72. The first-order valence-corrected chi connectivity index (χ1v) is 7.44. The van der Waals surface area contributed by atoms with Crippen molar-refractivity contribution in [2.24, 2.45) is 5.73 Å². The fourth-order valence-corrected chi connectivity index (χ4v) is 2.80. The van der Waals surface area contributed by atoms with Crippen molar-refractivity contribution in [1.82, 2.24) is 9.88 Å². The van der Waals surface area contributed by atoms with Gasteiger partial charge in [0.05, 0.1) is 6.04 Å². The van der Waals surface area contributed by atoms with Crippen LogP contribution in [0.2, 0.25) is 0 Å². The molecule has 0 fully saturated rings. The first-order chi connectivity index (χ1) is 11.4. The molecule has 1 amide bonds. The average molecular weight is 376 g/mol. The van der Waals surface area contributed by atoms with E-state index in [1.165, 1.54) is 24.3 Å². The maximum atomic E-state index is 12.2. The number of carbonyl (C=O) groups excluding carboxylic acids is 1. The Bertz CT molecular complexity index is 744. The summed E-state index contributed by atoms with van der Waals surface area (Å²) in [6.07, 6.45) is -2.17. The van der Waals surface area contributed by atoms with Crippen molar-refractivity contribution in [1.29, 1.82) is 0 Å². The highest BCUT2D eigenvalue weighted by atomic mass is 35.5. The van der Waals surface area contributed by atoms with Crippen molar-refractivity contribution < 1.29 is 22.7 Å². The molecule has 9 heteroatoms. The molecular formula is C16H17ClF3N3O2. The van der Waals surface area contributed by atoms with Gasteiger partial charge in [-0.3, -0.25) is 4.79 Å². The summed E-state index contributed by atoms with van der Waals surface area (Å²) < 4.78 is 42.3. The molecule has 1 aromatic heterocycles. The zero-order chi connectivity index (χ0) is 17.3. The summed E-state index contributed by atoms with van der Waals surface area (Å²) in [5, 5.41) is 2.81. The van der Waals surface area contributed by atoms with Gasteiger partial charge < -0.3 is 20.4 Å². The van der Waals surface area contributed by atoms with Gasteiger partial charge in [0.15, 0.2) is 0 Å². The number of carbonyl (C=O) groups is 1. The second-order valence-electron chi connectivity index (χ2n) is 5.53. The van der Waals surface area contributed by atoms with Crippen LogP contribution in [0.1, 0.15) is 23.0 Å². The average Bonchev–Trinajstić information content (AvgIpc) is 2.96. The second kappa shape index (κ2) is 7.37. The highest BCUT2D eigenvalue weighted by molar-refractivity contribution is 5.95. The molecule has 5 nitrogen and oxygen atoms in total. The first-order valence-electron chi connectivity index (χ1n) is 7.44. The molecule has 0 bridgehead atoms. The number of hydrogen-bond donors (Lipinski definition) is 2. The van der Waals surface area contributed by atoms with Crippen LogP contribution in [0.3, 0.4) is 0 Å². The third-order valence-corrected chi connectivity index (χ3v) is 3.89. The predicted octanol–water partition coefficient (Wildman–Crippen LogP) is 3.11. The van der Waals surface area contributed by atoms with Crippen LogP contribution in [0.4, 0.5) is 13.2 Å². The molecule has 136 valence electrons. The van der Waals surface area contributed by atoms with E-state index in [0.717, 1.165) is 12.0 Å². The summed E-state index contributed by atoms with van der Waals surface area (Å²) in [5.74, 6) is -0.458. The zero-order valence-corrected chi connectivity index (χ0v) is 13.9. The lowest BCUT2D eigenvalue weighted by Gasteiger charge is -2.25. The molecule has 3 N–H and O–H groups in total. The van der Waals surface area contributed by atoms with Crippen molar-refractivity contribution in [2.75, 3.05) is 13.1 Å². The fraction of sp³-hybridized carbons (Fsp3) is 0.312. The summed E-state index contributed by atoms with van der Waals surface area (Å²) in [5.41, 5.74) is 7.58. The van der Waals surface area contributed by atoms with Gasteiger partial charge in [-0.1, -0.05) is 12.1 Å². The minimum absolute atomic E-state index is 0. The highest BCUT2D eigenvalue weighted by Crippen LogP contribution is 2.30. The molecule has 2 heterocycles. The maximum Gasteiger partial charge on any atom is 0.573 e. The molecule has 0 saturated carbocycles. The number of amides is 1. The van der Waals surface area contributed by atoms with Crippen LogP contribution in [-0.2, 0) is 0 Å². The highest BCUT2D eigenvalue weighted by Gasteiger charge is 2.31. The second-order valence-corrected chi connectivity index (χ2v) is 5.53. The van der Waals surface area contributed by atoms with E-state index in [-0.39, 0.29) is 30.1 Å². The van der Waals surface area contributed by atoms with Crippen LogP contribution in [0.15, 0.2) is 36.5 Å². The van der Waals surface area contributed by atoms with E-state index in [4.69, 9.17) is 5.73 Å². The third-order valence-electron chi connectivity index (χ3n) is 3.89. The minimum Gasteiger partial charge on any atom is -0.406 e. The summed E-state index contributed by atoms with van der Waals surface area (Å²) in [7, 11) is 0. The molecule has 1 aliphatic heterocycles. The van der Waals surface area contributed by atoms with Gasteiger partial charge in [-0.2, -0.15) is 0 Å². The van der Waals surface area contributed by atoms with Crippen molar-refractivity contribution >= 4 is 18.3 Å². The summed E-state index contributed by atoms with van der Waals surface area (Å²) in [6.45, 7) is 1.01. The Kier molecular flexibility index (Phi) is 5.64. The Morgan fingerprint density at radius 3 is 2.52 bits per heavy atom. The van der Waals surface area contributed by atoms with Crippen LogP contribution in [-0.4, -0.2) is 29.9 Å². The van der Waals surface area contributed by atoms with Gasteiger partial charge in [-0.25, -0.2) is 0 Å². The quantitative estimate of drug-likeness (QED) is 0.862. The Balaban J connectivity index is 0.00000225. The topological polar surface area (TPSA) is 69.3 Å². The van der Waals surface area contributed by atoms with E-state index in [9.17, 15) is 18.0 Å². The van der Waals surface area contributed by atoms with Crippen molar-refractivity contribution in [3.05, 3.63) is 42.2 Å². The largest absolute Gasteiger partial charge is 0.573 e. The van der Waals surface area contributed by atoms with E-state index in [1.807, 2.05) is 10.8 Å². The van der Waals surface area contributed by atoms with Gasteiger partial charge in [-0.05, 0) is 36.7 Å². The number of ether oxygens (including phenoxy) is 1. The molecule has 1 aliphatic rings. The number of alkyl halides is 3. The van der Waals surface area contributed by atoms with E-state index >= 15 is 0 Å². The molecule has 25 heavy (non-hydrogen) atoms.